The van der Waals surface area contributed by atoms with Crippen molar-refractivity contribution >= 4 is 22.3 Å². The van der Waals surface area contributed by atoms with E-state index in [1.165, 1.54) is 12.5 Å². The molecule has 0 aliphatic carbocycles. The average molecular weight is 260 g/mol. The van der Waals surface area contributed by atoms with Gasteiger partial charge in [-0.3, -0.25) is 4.98 Å². The number of piperidine rings is 1. The zero-order valence-electron chi connectivity index (χ0n) is 10.7. The van der Waals surface area contributed by atoms with E-state index in [4.69, 9.17) is 5.73 Å². The molecule has 2 heterocycles. The van der Waals surface area contributed by atoms with E-state index >= 15 is 0 Å². The number of aromatic nitrogens is 1. The summed E-state index contributed by atoms with van der Waals surface area (Å²) in [6.07, 6.45) is 5.16. The molecule has 5 heteroatoms. The van der Waals surface area contributed by atoms with Crippen LogP contribution in [0.5, 0.6) is 0 Å². The number of nitrogens with two attached hydrogens (primary N) is 1. The number of pyridine rings is 1. The Kier molecular flexibility index (Phi) is 3.21. The first-order valence-corrected chi connectivity index (χ1v) is 6.60. The molecule has 0 atom stereocenters. The average Bonchev–Trinajstić information content (AvgIpc) is 2.45. The van der Waals surface area contributed by atoms with Crippen molar-refractivity contribution in [3.63, 3.8) is 0 Å². The van der Waals surface area contributed by atoms with Crippen LogP contribution in [0, 0.1) is 5.82 Å². The van der Waals surface area contributed by atoms with E-state index in [1.54, 1.807) is 12.3 Å². The van der Waals surface area contributed by atoms with Crippen molar-refractivity contribution in [1.82, 2.24) is 9.99 Å². The number of halogens is 1. The summed E-state index contributed by atoms with van der Waals surface area (Å²) in [5.74, 6) is -0.353. The summed E-state index contributed by atoms with van der Waals surface area (Å²) < 4.78 is 14.1. The second-order valence-electron chi connectivity index (χ2n) is 4.88. The molecule has 0 saturated carbocycles. The molecule has 0 radical (unpaired) electrons. The summed E-state index contributed by atoms with van der Waals surface area (Å²) in [5, 5.41) is 2.83. The molecule has 100 valence electrons. The fourth-order valence-electron chi connectivity index (χ4n) is 2.51. The second-order valence-corrected chi connectivity index (χ2v) is 4.88. The van der Waals surface area contributed by atoms with E-state index < -0.39 is 0 Å². The molecule has 0 bridgehead atoms. The molecule has 19 heavy (non-hydrogen) atoms. The van der Waals surface area contributed by atoms with Gasteiger partial charge in [-0.1, -0.05) is 6.42 Å². The van der Waals surface area contributed by atoms with E-state index in [9.17, 15) is 4.39 Å². The Bertz CT molecular complexity index is 593. The number of anilines is 2. The number of nitrogens with one attached hydrogen (secondary N) is 1. The van der Waals surface area contributed by atoms with Crippen LogP contribution >= 0.6 is 0 Å². The first kappa shape index (κ1) is 12.2. The topological polar surface area (TPSA) is 54.2 Å². The molecule has 1 aliphatic heterocycles. The highest BCUT2D eigenvalue weighted by Gasteiger charge is 2.16. The number of nitrogen functional groups attached to an aromatic ring is 1. The molecule has 0 unspecified atom stereocenters. The van der Waals surface area contributed by atoms with Crippen molar-refractivity contribution in [2.75, 3.05) is 24.2 Å². The van der Waals surface area contributed by atoms with Gasteiger partial charge in [0, 0.05) is 30.4 Å². The Labute approximate surface area is 111 Å². The number of rotatable bonds is 2. The van der Waals surface area contributed by atoms with Crippen molar-refractivity contribution in [2.45, 2.75) is 19.3 Å². The Morgan fingerprint density at radius 3 is 2.84 bits per heavy atom. The van der Waals surface area contributed by atoms with Gasteiger partial charge in [0.25, 0.3) is 0 Å². The monoisotopic (exact) mass is 260 g/mol. The Balaban J connectivity index is 2.01. The van der Waals surface area contributed by atoms with Gasteiger partial charge in [0.2, 0.25) is 0 Å². The van der Waals surface area contributed by atoms with E-state index in [0.29, 0.717) is 16.9 Å². The SMILES string of the molecule is Nc1cc(F)c(NN2CCCCC2)c2ncccc12. The summed E-state index contributed by atoms with van der Waals surface area (Å²) in [4.78, 5) is 4.26. The molecule has 1 aromatic carbocycles. The minimum Gasteiger partial charge on any atom is -0.398 e. The molecule has 1 aromatic heterocycles. The molecular weight excluding hydrogens is 243 g/mol. The highest BCUT2D eigenvalue weighted by atomic mass is 19.1. The van der Waals surface area contributed by atoms with E-state index in [-0.39, 0.29) is 5.82 Å². The van der Waals surface area contributed by atoms with E-state index in [2.05, 4.69) is 10.4 Å². The smallest absolute Gasteiger partial charge is 0.151 e. The zero-order chi connectivity index (χ0) is 13.2. The summed E-state index contributed by atoms with van der Waals surface area (Å²) in [5.41, 5.74) is 10.4. The minimum atomic E-state index is -0.353. The number of fused-ring (bicyclic) bond motifs is 1. The molecule has 1 saturated heterocycles. The van der Waals surface area contributed by atoms with Crippen molar-refractivity contribution in [2.24, 2.45) is 0 Å². The number of hydrazine groups is 1. The Morgan fingerprint density at radius 2 is 2.05 bits per heavy atom. The van der Waals surface area contributed by atoms with Gasteiger partial charge >= 0.3 is 0 Å². The lowest BCUT2D eigenvalue weighted by molar-refractivity contribution is 0.272. The minimum absolute atomic E-state index is 0.353. The van der Waals surface area contributed by atoms with Gasteiger partial charge in [-0.15, -0.1) is 0 Å². The third-order valence-electron chi connectivity index (χ3n) is 3.50. The van der Waals surface area contributed by atoms with Crippen LogP contribution < -0.4 is 11.2 Å². The lowest BCUT2D eigenvalue weighted by Gasteiger charge is -2.28. The normalized spacial score (nSPS) is 16.7. The highest BCUT2D eigenvalue weighted by molar-refractivity contribution is 5.98. The molecule has 1 aliphatic rings. The first-order chi connectivity index (χ1) is 9.25. The lowest BCUT2D eigenvalue weighted by Crippen LogP contribution is -2.35. The van der Waals surface area contributed by atoms with Crippen LogP contribution in [0.15, 0.2) is 24.4 Å². The second kappa shape index (κ2) is 5.01. The number of nitrogens with zero attached hydrogens (tertiary/aromatic N) is 2. The van der Waals surface area contributed by atoms with Gasteiger partial charge in [-0.2, -0.15) is 0 Å². The number of hydrogen-bond donors (Lipinski definition) is 2. The summed E-state index contributed by atoms with van der Waals surface area (Å²) in [6.45, 7) is 1.86. The third kappa shape index (κ3) is 2.33. The molecule has 2 aromatic rings. The molecule has 0 amide bonds. The summed E-state index contributed by atoms with van der Waals surface area (Å²) >= 11 is 0. The van der Waals surface area contributed by atoms with Crippen LogP contribution in [0.2, 0.25) is 0 Å². The lowest BCUT2D eigenvalue weighted by atomic mass is 10.1. The van der Waals surface area contributed by atoms with Gasteiger partial charge in [-0.05, 0) is 31.0 Å². The zero-order valence-corrected chi connectivity index (χ0v) is 10.7. The maximum Gasteiger partial charge on any atom is 0.151 e. The molecule has 4 nitrogen and oxygen atoms in total. The third-order valence-corrected chi connectivity index (χ3v) is 3.50. The van der Waals surface area contributed by atoms with Crippen molar-refractivity contribution in [3.8, 4) is 0 Å². The molecular formula is C14H17FN4. The molecule has 3 rings (SSSR count). The van der Waals surface area contributed by atoms with Crippen LogP contribution in [0.1, 0.15) is 19.3 Å². The number of hydrogen-bond acceptors (Lipinski definition) is 4. The van der Waals surface area contributed by atoms with Crippen LogP contribution in [-0.2, 0) is 0 Å². The van der Waals surface area contributed by atoms with Crippen LogP contribution in [0.25, 0.3) is 10.9 Å². The van der Waals surface area contributed by atoms with Gasteiger partial charge < -0.3 is 11.2 Å². The van der Waals surface area contributed by atoms with E-state index in [1.807, 2.05) is 11.1 Å². The van der Waals surface area contributed by atoms with Gasteiger partial charge in [0.1, 0.15) is 5.69 Å². The van der Waals surface area contributed by atoms with Crippen molar-refractivity contribution in [3.05, 3.63) is 30.2 Å². The van der Waals surface area contributed by atoms with Gasteiger partial charge in [0.05, 0.1) is 5.52 Å². The number of benzene rings is 1. The predicted octanol–water partition coefficient (Wildman–Crippen LogP) is 2.77. The predicted molar refractivity (Wildman–Crippen MR) is 75.2 cm³/mol. The Morgan fingerprint density at radius 1 is 1.26 bits per heavy atom. The fourth-order valence-corrected chi connectivity index (χ4v) is 2.51. The molecule has 0 spiro atoms. The van der Waals surface area contributed by atoms with Crippen molar-refractivity contribution in [1.29, 1.82) is 0 Å². The summed E-state index contributed by atoms with van der Waals surface area (Å²) in [6, 6.07) is 5.02. The van der Waals surface area contributed by atoms with E-state index in [0.717, 1.165) is 31.3 Å². The van der Waals surface area contributed by atoms with Gasteiger partial charge in [0.15, 0.2) is 5.82 Å². The van der Waals surface area contributed by atoms with Crippen molar-refractivity contribution < 1.29 is 4.39 Å². The molecule has 1 fully saturated rings. The maximum atomic E-state index is 14.1. The first-order valence-electron chi connectivity index (χ1n) is 6.60. The quantitative estimate of drug-likeness (QED) is 0.815. The van der Waals surface area contributed by atoms with Gasteiger partial charge in [-0.25, -0.2) is 9.40 Å². The maximum absolute atomic E-state index is 14.1. The molecule has 3 N–H and O–H groups in total. The Hall–Kier alpha value is -1.88. The standard InChI is InChI=1S/C14H17FN4/c15-11-9-12(16)10-5-4-6-17-13(10)14(11)18-19-7-2-1-3-8-19/h4-6,9,18H,1-3,7-8,16H2. The fraction of sp³-hybridized carbons (Fsp3) is 0.357. The van der Waals surface area contributed by atoms with Crippen LogP contribution in [0.4, 0.5) is 15.8 Å². The highest BCUT2D eigenvalue weighted by Crippen LogP contribution is 2.30. The summed E-state index contributed by atoms with van der Waals surface area (Å²) in [7, 11) is 0. The van der Waals surface area contributed by atoms with Crippen LogP contribution in [0.3, 0.4) is 0 Å². The van der Waals surface area contributed by atoms with Crippen LogP contribution in [-0.4, -0.2) is 23.1 Å². The largest absolute Gasteiger partial charge is 0.398 e.